The molecule has 1 aromatic heterocycles. The van der Waals surface area contributed by atoms with Crippen LogP contribution in [-0.4, -0.2) is 28.0 Å². The van der Waals surface area contributed by atoms with Crippen LogP contribution in [-0.2, 0) is 4.79 Å². The first kappa shape index (κ1) is 13.5. The minimum Gasteiger partial charge on any atom is -0.357 e. The lowest BCUT2D eigenvalue weighted by atomic mass is 10.3. The molecule has 1 heterocycles. The molecule has 0 fully saturated rings. The van der Waals surface area contributed by atoms with Crippen molar-refractivity contribution >= 4 is 23.3 Å². The van der Waals surface area contributed by atoms with E-state index in [-0.39, 0.29) is 22.8 Å². The molecule has 1 atom stereocenters. The van der Waals surface area contributed by atoms with E-state index in [9.17, 15) is 9.59 Å². The maximum absolute atomic E-state index is 11.6. The van der Waals surface area contributed by atoms with Gasteiger partial charge in [-0.1, -0.05) is 11.6 Å². The summed E-state index contributed by atoms with van der Waals surface area (Å²) in [5.41, 5.74) is -0.444. The van der Waals surface area contributed by atoms with Crippen LogP contribution in [0.25, 0.3) is 0 Å². The lowest BCUT2D eigenvalue weighted by Gasteiger charge is -2.16. The molecule has 0 aromatic carbocycles. The standard InChI is InChI=1S/C10H15ClN4O2/c1-5(2)14-9(16)6(3)15-8-7(11)10(17)13-4-12-8/h4-6H,1-3H3,(H,14,16)(H2,12,13,15,17). The fraction of sp³-hybridized carbons (Fsp3) is 0.500. The first-order valence-electron chi connectivity index (χ1n) is 5.22. The molecule has 1 rings (SSSR count). The van der Waals surface area contributed by atoms with Crippen molar-refractivity contribution in [2.24, 2.45) is 0 Å². The zero-order chi connectivity index (χ0) is 13.0. The van der Waals surface area contributed by atoms with Gasteiger partial charge in [0.15, 0.2) is 5.82 Å². The van der Waals surface area contributed by atoms with Crippen LogP contribution in [0, 0.1) is 0 Å². The maximum Gasteiger partial charge on any atom is 0.271 e. The largest absolute Gasteiger partial charge is 0.357 e. The second-order valence-electron chi connectivity index (χ2n) is 3.92. The van der Waals surface area contributed by atoms with Gasteiger partial charge in [0.25, 0.3) is 5.56 Å². The highest BCUT2D eigenvalue weighted by Gasteiger charge is 2.16. The van der Waals surface area contributed by atoms with Gasteiger partial charge >= 0.3 is 0 Å². The highest BCUT2D eigenvalue weighted by molar-refractivity contribution is 6.32. The van der Waals surface area contributed by atoms with Crippen molar-refractivity contribution in [1.29, 1.82) is 0 Å². The quantitative estimate of drug-likeness (QED) is 0.744. The Morgan fingerprint density at radius 3 is 2.71 bits per heavy atom. The number of anilines is 1. The van der Waals surface area contributed by atoms with Crippen molar-refractivity contribution in [3.63, 3.8) is 0 Å². The average molecular weight is 259 g/mol. The van der Waals surface area contributed by atoms with Gasteiger partial charge in [0.2, 0.25) is 5.91 Å². The number of hydrogen-bond acceptors (Lipinski definition) is 4. The van der Waals surface area contributed by atoms with E-state index in [1.54, 1.807) is 6.92 Å². The van der Waals surface area contributed by atoms with Gasteiger partial charge in [0.05, 0.1) is 6.33 Å². The number of rotatable bonds is 4. The van der Waals surface area contributed by atoms with E-state index >= 15 is 0 Å². The molecule has 94 valence electrons. The van der Waals surface area contributed by atoms with E-state index in [1.807, 2.05) is 13.8 Å². The molecular weight excluding hydrogens is 244 g/mol. The summed E-state index contributed by atoms with van der Waals surface area (Å²) >= 11 is 5.75. The molecule has 3 N–H and O–H groups in total. The molecule has 17 heavy (non-hydrogen) atoms. The van der Waals surface area contributed by atoms with Crippen molar-refractivity contribution in [1.82, 2.24) is 15.3 Å². The third kappa shape index (κ3) is 3.74. The Labute approximate surface area is 104 Å². The Kier molecular flexibility index (Phi) is 4.51. The second-order valence-corrected chi connectivity index (χ2v) is 4.30. The van der Waals surface area contributed by atoms with Crippen LogP contribution in [0.3, 0.4) is 0 Å². The molecule has 0 saturated heterocycles. The number of aromatic amines is 1. The van der Waals surface area contributed by atoms with Crippen molar-refractivity contribution in [3.05, 3.63) is 21.7 Å². The van der Waals surface area contributed by atoms with Crippen molar-refractivity contribution in [2.75, 3.05) is 5.32 Å². The van der Waals surface area contributed by atoms with Crippen LogP contribution < -0.4 is 16.2 Å². The first-order chi connectivity index (χ1) is 7.91. The molecule has 6 nitrogen and oxygen atoms in total. The van der Waals surface area contributed by atoms with Crippen LogP contribution >= 0.6 is 11.6 Å². The van der Waals surface area contributed by atoms with Gasteiger partial charge < -0.3 is 15.6 Å². The van der Waals surface area contributed by atoms with Gasteiger partial charge in [-0.05, 0) is 20.8 Å². The zero-order valence-corrected chi connectivity index (χ0v) is 10.6. The summed E-state index contributed by atoms with van der Waals surface area (Å²) in [4.78, 5) is 29.0. The molecule has 0 radical (unpaired) electrons. The summed E-state index contributed by atoms with van der Waals surface area (Å²) in [7, 11) is 0. The minimum atomic E-state index is -0.524. The van der Waals surface area contributed by atoms with Crippen molar-refractivity contribution in [2.45, 2.75) is 32.9 Å². The molecule has 0 saturated carbocycles. The van der Waals surface area contributed by atoms with Crippen LogP contribution in [0.15, 0.2) is 11.1 Å². The molecule has 1 unspecified atom stereocenters. The molecule has 0 bridgehead atoms. The van der Waals surface area contributed by atoms with Crippen LogP contribution in [0.4, 0.5) is 5.82 Å². The van der Waals surface area contributed by atoms with Gasteiger partial charge in [-0.2, -0.15) is 0 Å². The van der Waals surface area contributed by atoms with E-state index in [0.29, 0.717) is 0 Å². The topological polar surface area (TPSA) is 86.9 Å². The number of aromatic nitrogens is 2. The normalized spacial score (nSPS) is 12.3. The predicted molar refractivity (Wildman–Crippen MR) is 66.2 cm³/mol. The Balaban J connectivity index is 2.74. The molecule has 7 heteroatoms. The lowest BCUT2D eigenvalue weighted by Crippen LogP contribution is -2.41. The smallest absolute Gasteiger partial charge is 0.271 e. The van der Waals surface area contributed by atoms with Crippen molar-refractivity contribution < 1.29 is 4.79 Å². The molecule has 1 aromatic rings. The predicted octanol–water partition coefficient (Wildman–Crippen LogP) is 0.748. The highest BCUT2D eigenvalue weighted by atomic mass is 35.5. The Morgan fingerprint density at radius 2 is 2.12 bits per heavy atom. The number of halogens is 1. The van der Waals surface area contributed by atoms with Gasteiger partial charge in [0.1, 0.15) is 11.1 Å². The third-order valence-electron chi connectivity index (χ3n) is 1.97. The summed E-state index contributed by atoms with van der Waals surface area (Å²) in [5, 5.41) is 5.46. The number of carbonyl (C=O) groups excluding carboxylic acids is 1. The summed E-state index contributed by atoms with van der Waals surface area (Å²) in [5.74, 6) is 0.0139. The van der Waals surface area contributed by atoms with Gasteiger partial charge in [-0.25, -0.2) is 4.98 Å². The van der Waals surface area contributed by atoms with E-state index in [4.69, 9.17) is 11.6 Å². The molecular formula is C10H15ClN4O2. The number of carbonyl (C=O) groups is 1. The van der Waals surface area contributed by atoms with Crippen LogP contribution in [0.5, 0.6) is 0 Å². The lowest BCUT2D eigenvalue weighted by molar-refractivity contribution is -0.122. The van der Waals surface area contributed by atoms with E-state index in [0.717, 1.165) is 0 Å². The number of H-pyrrole nitrogens is 1. The van der Waals surface area contributed by atoms with Crippen LogP contribution in [0.1, 0.15) is 20.8 Å². The van der Waals surface area contributed by atoms with Gasteiger partial charge in [-0.3, -0.25) is 9.59 Å². The number of nitrogens with one attached hydrogen (secondary N) is 3. The number of amides is 1. The average Bonchev–Trinajstić information content (AvgIpc) is 2.23. The molecule has 1 amide bonds. The first-order valence-corrected chi connectivity index (χ1v) is 5.59. The van der Waals surface area contributed by atoms with E-state index < -0.39 is 11.6 Å². The molecule has 0 spiro atoms. The zero-order valence-electron chi connectivity index (χ0n) is 9.87. The number of nitrogens with zero attached hydrogens (tertiary/aromatic N) is 1. The number of hydrogen-bond donors (Lipinski definition) is 3. The van der Waals surface area contributed by atoms with E-state index in [1.165, 1.54) is 6.33 Å². The van der Waals surface area contributed by atoms with Gasteiger partial charge in [-0.15, -0.1) is 0 Å². The third-order valence-corrected chi connectivity index (χ3v) is 2.32. The highest BCUT2D eigenvalue weighted by Crippen LogP contribution is 2.13. The second kappa shape index (κ2) is 5.67. The fourth-order valence-electron chi connectivity index (χ4n) is 1.16. The van der Waals surface area contributed by atoms with Crippen molar-refractivity contribution in [3.8, 4) is 0 Å². The molecule has 0 aliphatic heterocycles. The summed E-state index contributed by atoms with van der Waals surface area (Å²) in [6.45, 7) is 5.39. The molecule has 0 aliphatic rings. The maximum atomic E-state index is 11.6. The fourth-order valence-corrected chi connectivity index (χ4v) is 1.32. The summed E-state index contributed by atoms with van der Waals surface area (Å²) in [6.07, 6.45) is 1.23. The monoisotopic (exact) mass is 258 g/mol. The summed E-state index contributed by atoms with van der Waals surface area (Å²) < 4.78 is 0. The van der Waals surface area contributed by atoms with E-state index in [2.05, 4.69) is 20.6 Å². The Morgan fingerprint density at radius 1 is 1.47 bits per heavy atom. The Bertz CT molecular complexity index is 458. The minimum absolute atomic E-state index is 0.0503. The van der Waals surface area contributed by atoms with Crippen LogP contribution in [0.2, 0.25) is 5.02 Å². The summed E-state index contributed by atoms with van der Waals surface area (Å²) in [6, 6.07) is -0.474. The van der Waals surface area contributed by atoms with Gasteiger partial charge in [0, 0.05) is 6.04 Å². The Hall–Kier alpha value is -1.56. The molecule has 0 aliphatic carbocycles. The SMILES string of the molecule is CC(C)NC(=O)C(C)Nc1nc[nH]c(=O)c1Cl.